The number of benzene rings is 2. The SMILES string of the molecule is CC(=O)NCSC[C@@H]1NC(=O)[C@@H](CC(C)C)NC(=O)[C@H](Cc2c[nH]c3ccccc23)NC(=O)[C@@H](CSCNC(C)=O)NC(=O)[C@H](Cc2ccccc2)NC1=O. The number of thioether (sulfide) groups is 2. The second-order valence-corrected chi connectivity index (χ2v) is 15.7. The Balaban J connectivity index is 1.75. The van der Waals surface area contributed by atoms with E-state index in [9.17, 15) is 33.6 Å². The maximum absolute atomic E-state index is 14.2. The Bertz CT molecular complexity index is 1820. The summed E-state index contributed by atoms with van der Waals surface area (Å²) in [7, 11) is 0. The van der Waals surface area contributed by atoms with Crippen molar-refractivity contribution in [2.75, 3.05) is 23.3 Å². The lowest BCUT2D eigenvalue weighted by atomic mass is 10.0. The molecule has 17 heteroatoms. The van der Waals surface area contributed by atoms with Crippen LogP contribution in [0, 0.1) is 5.92 Å². The molecule has 296 valence electrons. The number of aromatic amines is 1. The maximum atomic E-state index is 14.2. The average molecular weight is 795 g/mol. The summed E-state index contributed by atoms with van der Waals surface area (Å²) >= 11 is 2.39. The zero-order valence-corrected chi connectivity index (χ0v) is 33.0. The van der Waals surface area contributed by atoms with E-state index in [1.807, 2.05) is 44.2 Å². The topological polar surface area (TPSA) is 219 Å². The summed E-state index contributed by atoms with van der Waals surface area (Å²) in [6.07, 6.45) is 2.09. The highest BCUT2D eigenvalue weighted by molar-refractivity contribution is 7.99. The number of carbonyl (C=O) groups is 7. The van der Waals surface area contributed by atoms with E-state index in [0.29, 0.717) is 0 Å². The quantitative estimate of drug-likeness (QED) is 0.0864. The molecule has 1 fully saturated rings. The second-order valence-electron chi connectivity index (χ2n) is 13.7. The van der Waals surface area contributed by atoms with Crippen LogP contribution >= 0.6 is 23.5 Å². The van der Waals surface area contributed by atoms with Crippen molar-refractivity contribution in [1.82, 2.24) is 42.2 Å². The third-order valence-electron chi connectivity index (χ3n) is 8.67. The van der Waals surface area contributed by atoms with Crippen molar-refractivity contribution in [2.45, 2.75) is 77.2 Å². The number of aromatic nitrogens is 1. The smallest absolute Gasteiger partial charge is 0.244 e. The molecular formula is C38H50N8O7S2. The largest absolute Gasteiger partial charge is 0.361 e. The highest BCUT2D eigenvalue weighted by Crippen LogP contribution is 2.20. The van der Waals surface area contributed by atoms with Crippen LogP contribution in [-0.4, -0.2) is 99.8 Å². The molecule has 1 saturated heterocycles. The van der Waals surface area contributed by atoms with Gasteiger partial charge < -0.3 is 42.2 Å². The van der Waals surface area contributed by atoms with Crippen LogP contribution in [0.5, 0.6) is 0 Å². The highest BCUT2D eigenvalue weighted by atomic mass is 32.2. The van der Waals surface area contributed by atoms with Gasteiger partial charge in [0.05, 0.1) is 11.8 Å². The minimum absolute atomic E-state index is 0.0176. The number of amides is 7. The van der Waals surface area contributed by atoms with E-state index in [1.54, 1.807) is 30.5 Å². The number of fused-ring (bicyclic) bond motifs is 1. The standard InChI is InChI=1S/C38H50N8O7S2/c1-22(2)14-29-34(49)45-32(18-54-20-40-23(3)47)37(52)43-30(15-25-10-6-5-7-11-25)35(50)46-33(19-55-21-41-24(4)48)38(53)44-31(36(51)42-29)16-26-17-39-28-13-9-8-12-27(26)28/h5-13,17,22,29-33,39H,14-16,18-21H2,1-4H3,(H,40,47)(H,41,48)(H,42,51)(H,43,52)(H,44,53)(H,45,49)(H,46,50)/t29-,30+,31+,32+,33-/m1/s1. The van der Waals surface area contributed by atoms with Gasteiger partial charge in [-0.2, -0.15) is 0 Å². The molecule has 0 spiro atoms. The second kappa shape index (κ2) is 21.2. The van der Waals surface area contributed by atoms with E-state index in [2.05, 4.69) is 42.2 Å². The molecule has 0 aliphatic carbocycles. The average Bonchev–Trinajstić information content (AvgIpc) is 3.55. The summed E-state index contributed by atoms with van der Waals surface area (Å²) in [6, 6.07) is 10.7. The van der Waals surface area contributed by atoms with Gasteiger partial charge in [-0.25, -0.2) is 0 Å². The number of hydrogen-bond donors (Lipinski definition) is 8. The van der Waals surface area contributed by atoms with E-state index in [4.69, 9.17) is 0 Å². The third-order valence-corrected chi connectivity index (χ3v) is 10.5. The van der Waals surface area contributed by atoms with Crippen molar-refractivity contribution in [3.05, 3.63) is 71.9 Å². The fraction of sp³-hybridized carbons (Fsp3) is 0.447. The summed E-state index contributed by atoms with van der Waals surface area (Å²) in [6.45, 7) is 6.51. The van der Waals surface area contributed by atoms with Crippen LogP contribution < -0.4 is 37.2 Å². The minimum Gasteiger partial charge on any atom is -0.361 e. The lowest BCUT2D eigenvalue weighted by molar-refractivity contribution is -0.133. The van der Waals surface area contributed by atoms with Gasteiger partial charge in [-0.15, -0.1) is 23.5 Å². The van der Waals surface area contributed by atoms with Gasteiger partial charge in [0.25, 0.3) is 0 Å². The molecule has 2 aromatic carbocycles. The maximum Gasteiger partial charge on any atom is 0.244 e. The van der Waals surface area contributed by atoms with Crippen molar-refractivity contribution in [3.63, 3.8) is 0 Å². The number of nitrogens with one attached hydrogen (secondary N) is 8. The summed E-state index contributed by atoms with van der Waals surface area (Å²) in [5.74, 6) is -3.47. The summed E-state index contributed by atoms with van der Waals surface area (Å²) in [5, 5.41) is 20.2. The molecule has 2 heterocycles. The van der Waals surface area contributed by atoms with Crippen molar-refractivity contribution < 1.29 is 33.6 Å². The first kappa shape index (κ1) is 42.7. The van der Waals surface area contributed by atoms with Gasteiger partial charge in [-0.05, 0) is 29.5 Å². The minimum atomic E-state index is -1.19. The molecular weight excluding hydrogens is 745 g/mol. The fourth-order valence-electron chi connectivity index (χ4n) is 5.88. The Morgan fingerprint density at radius 3 is 1.62 bits per heavy atom. The summed E-state index contributed by atoms with van der Waals surface area (Å²) < 4.78 is 0. The predicted molar refractivity (Wildman–Crippen MR) is 214 cm³/mol. The van der Waals surface area contributed by atoms with Crippen LogP contribution in [0.2, 0.25) is 0 Å². The molecule has 0 bridgehead atoms. The Labute approximate surface area is 328 Å². The van der Waals surface area contributed by atoms with E-state index < -0.39 is 59.7 Å². The number of hydrogen-bond acceptors (Lipinski definition) is 9. The van der Waals surface area contributed by atoms with Crippen LogP contribution in [0.25, 0.3) is 10.9 Å². The van der Waals surface area contributed by atoms with Gasteiger partial charge in [0.1, 0.15) is 30.2 Å². The highest BCUT2D eigenvalue weighted by Gasteiger charge is 2.35. The third kappa shape index (κ3) is 13.6. The number of H-pyrrole nitrogens is 1. The fourth-order valence-corrected chi connectivity index (χ4v) is 7.67. The summed E-state index contributed by atoms with van der Waals surface area (Å²) in [5.41, 5.74) is 2.31. The molecule has 15 nitrogen and oxygen atoms in total. The van der Waals surface area contributed by atoms with Crippen LogP contribution in [0.15, 0.2) is 60.8 Å². The van der Waals surface area contributed by atoms with Crippen LogP contribution in [0.3, 0.4) is 0 Å². The summed E-state index contributed by atoms with van der Waals surface area (Å²) in [4.78, 5) is 96.8. The normalized spacial score (nSPS) is 21.3. The van der Waals surface area contributed by atoms with E-state index in [-0.39, 0.29) is 60.3 Å². The number of para-hydroxylation sites is 1. The molecule has 0 unspecified atom stereocenters. The van der Waals surface area contributed by atoms with Crippen molar-refractivity contribution >= 4 is 75.8 Å². The molecule has 5 atom stereocenters. The molecule has 1 aliphatic rings. The molecule has 0 saturated carbocycles. The zero-order valence-electron chi connectivity index (χ0n) is 31.4. The molecule has 1 aromatic heterocycles. The van der Waals surface area contributed by atoms with Crippen molar-refractivity contribution in [1.29, 1.82) is 0 Å². The van der Waals surface area contributed by atoms with Gasteiger partial charge >= 0.3 is 0 Å². The molecule has 3 aromatic rings. The van der Waals surface area contributed by atoms with E-state index in [0.717, 1.165) is 22.0 Å². The first-order valence-corrected chi connectivity index (χ1v) is 20.4. The van der Waals surface area contributed by atoms with E-state index in [1.165, 1.54) is 37.4 Å². The Hall–Kier alpha value is -5.03. The Morgan fingerprint density at radius 1 is 0.618 bits per heavy atom. The number of rotatable bonds is 14. The van der Waals surface area contributed by atoms with Gasteiger partial charge in [0.15, 0.2) is 0 Å². The van der Waals surface area contributed by atoms with Gasteiger partial charge in [0, 0.05) is 55.3 Å². The zero-order chi connectivity index (χ0) is 39.9. The molecule has 1 aliphatic heterocycles. The lowest BCUT2D eigenvalue weighted by Crippen LogP contribution is -2.59. The molecule has 55 heavy (non-hydrogen) atoms. The molecule has 8 N–H and O–H groups in total. The number of carbonyl (C=O) groups excluding carboxylic acids is 7. The van der Waals surface area contributed by atoms with Crippen LogP contribution in [0.1, 0.15) is 45.2 Å². The first-order valence-electron chi connectivity index (χ1n) is 18.1. The Kier molecular flexibility index (Phi) is 16.4. The van der Waals surface area contributed by atoms with Crippen LogP contribution in [0.4, 0.5) is 0 Å². The monoisotopic (exact) mass is 794 g/mol. The Morgan fingerprint density at radius 2 is 1.07 bits per heavy atom. The molecule has 4 rings (SSSR count). The van der Waals surface area contributed by atoms with Crippen LogP contribution in [-0.2, 0) is 46.4 Å². The van der Waals surface area contributed by atoms with E-state index >= 15 is 0 Å². The first-order chi connectivity index (χ1) is 26.3. The van der Waals surface area contributed by atoms with Gasteiger partial charge in [-0.1, -0.05) is 62.4 Å². The predicted octanol–water partition coefficient (Wildman–Crippen LogP) is 1.09. The molecule has 0 radical (unpaired) electrons. The lowest BCUT2D eigenvalue weighted by Gasteiger charge is -2.26. The molecule has 7 amide bonds. The van der Waals surface area contributed by atoms with Crippen molar-refractivity contribution in [2.24, 2.45) is 5.92 Å². The van der Waals surface area contributed by atoms with Gasteiger partial charge in [-0.3, -0.25) is 33.6 Å². The van der Waals surface area contributed by atoms with Gasteiger partial charge in [0.2, 0.25) is 41.4 Å². The van der Waals surface area contributed by atoms with Crippen molar-refractivity contribution in [3.8, 4) is 0 Å².